The van der Waals surface area contributed by atoms with Crippen LogP contribution in [0.1, 0.15) is 23.6 Å². The SMILES string of the molecule is CCc1ccc(OCCNC(=O)Nc2cccc(C)c2C)cc1. The molecule has 0 saturated carbocycles. The van der Waals surface area contributed by atoms with Crippen LogP contribution in [0.2, 0.25) is 0 Å². The average Bonchev–Trinajstić information content (AvgIpc) is 2.56. The fourth-order valence-electron chi connectivity index (χ4n) is 2.21. The average molecular weight is 312 g/mol. The van der Waals surface area contributed by atoms with Crippen molar-refractivity contribution in [2.75, 3.05) is 18.5 Å². The largest absolute Gasteiger partial charge is 0.492 e. The van der Waals surface area contributed by atoms with Crippen LogP contribution in [0.4, 0.5) is 10.5 Å². The zero-order valence-electron chi connectivity index (χ0n) is 14.0. The molecule has 0 unspecified atom stereocenters. The van der Waals surface area contributed by atoms with Crippen molar-refractivity contribution in [3.63, 3.8) is 0 Å². The van der Waals surface area contributed by atoms with Crippen LogP contribution in [0.5, 0.6) is 5.75 Å². The van der Waals surface area contributed by atoms with E-state index in [4.69, 9.17) is 4.74 Å². The predicted molar refractivity (Wildman–Crippen MR) is 94.3 cm³/mol. The molecule has 0 saturated heterocycles. The first-order valence-corrected chi connectivity index (χ1v) is 7.93. The molecule has 0 aliphatic rings. The molecule has 23 heavy (non-hydrogen) atoms. The number of amides is 2. The maximum Gasteiger partial charge on any atom is 0.319 e. The third kappa shape index (κ3) is 5.02. The molecular weight excluding hydrogens is 288 g/mol. The second-order valence-corrected chi connectivity index (χ2v) is 5.47. The smallest absolute Gasteiger partial charge is 0.319 e. The van der Waals surface area contributed by atoms with Gasteiger partial charge in [-0.1, -0.05) is 31.2 Å². The maximum absolute atomic E-state index is 11.9. The van der Waals surface area contributed by atoms with E-state index in [1.807, 2.05) is 44.2 Å². The predicted octanol–water partition coefficient (Wildman–Crippen LogP) is 4.07. The number of ether oxygens (including phenoxy) is 1. The molecule has 0 radical (unpaired) electrons. The van der Waals surface area contributed by atoms with E-state index in [-0.39, 0.29) is 6.03 Å². The van der Waals surface area contributed by atoms with Gasteiger partial charge in [0, 0.05) is 5.69 Å². The lowest BCUT2D eigenvalue weighted by Crippen LogP contribution is -2.32. The fourth-order valence-corrected chi connectivity index (χ4v) is 2.21. The molecule has 2 rings (SSSR count). The Labute approximate surface area is 137 Å². The minimum atomic E-state index is -0.219. The minimum absolute atomic E-state index is 0.219. The summed E-state index contributed by atoms with van der Waals surface area (Å²) >= 11 is 0. The van der Waals surface area contributed by atoms with Gasteiger partial charge in [-0.25, -0.2) is 4.79 Å². The fraction of sp³-hybridized carbons (Fsp3) is 0.316. The summed E-state index contributed by atoms with van der Waals surface area (Å²) in [5.74, 6) is 0.818. The second-order valence-electron chi connectivity index (χ2n) is 5.47. The Hall–Kier alpha value is -2.49. The third-order valence-corrected chi connectivity index (χ3v) is 3.84. The number of benzene rings is 2. The highest BCUT2D eigenvalue weighted by atomic mass is 16.5. The molecule has 4 nitrogen and oxygen atoms in total. The standard InChI is InChI=1S/C19H24N2O2/c1-4-16-8-10-17(11-9-16)23-13-12-20-19(22)21-18-7-5-6-14(2)15(18)3/h5-11H,4,12-13H2,1-3H3,(H2,20,21,22). The molecule has 0 fully saturated rings. The Kier molecular flexibility index (Phi) is 6.03. The normalized spacial score (nSPS) is 10.2. The van der Waals surface area contributed by atoms with Crippen molar-refractivity contribution < 1.29 is 9.53 Å². The van der Waals surface area contributed by atoms with Crippen LogP contribution >= 0.6 is 0 Å². The first-order valence-electron chi connectivity index (χ1n) is 7.93. The molecule has 2 aromatic rings. The van der Waals surface area contributed by atoms with Gasteiger partial charge in [0.1, 0.15) is 12.4 Å². The summed E-state index contributed by atoms with van der Waals surface area (Å²) in [6.07, 6.45) is 1.01. The molecule has 2 N–H and O–H groups in total. The summed E-state index contributed by atoms with van der Waals surface area (Å²) in [6.45, 7) is 7.02. The van der Waals surface area contributed by atoms with Gasteiger partial charge >= 0.3 is 6.03 Å². The van der Waals surface area contributed by atoms with E-state index in [0.717, 1.165) is 29.0 Å². The van der Waals surface area contributed by atoms with Gasteiger partial charge in [-0.3, -0.25) is 0 Å². The topological polar surface area (TPSA) is 50.4 Å². The van der Waals surface area contributed by atoms with Gasteiger partial charge in [0.25, 0.3) is 0 Å². The molecule has 2 aromatic carbocycles. The molecular formula is C19H24N2O2. The quantitative estimate of drug-likeness (QED) is 0.790. The molecule has 122 valence electrons. The van der Waals surface area contributed by atoms with E-state index in [2.05, 4.69) is 29.7 Å². The Morgan fingerprint density at radius 2 is 1.83 bits per heavy atom. The highest BCUT2D eigenvalue weighted by Gasteiger charge is 2.05. The zero-order chi connectivity index (χ0) is 16.7. The minimum Gasteiger partial charge on any atom is -0.492 e. The number of carbonyl (C=O) groups excluding carboxylic acids is 1. The highest BCUT2D eigenvalue weighted by molar-refractivity contribution is 5.90. The second kappa shape index (κ2) is 8.22. The molecule has 0 spiro atoms. The summed E-state index contributed by atoms with van der Waals surface area (Å²) < 4.78 is 5.61. The van der Waals surface area contributed by atoms with Crippen LogP contribution in [-0.2, 0) is 6.42 Å². The van der Waals surface area contributed by atoms with E-state index in [0.29, 0.717) is 13.2 Å². The van der Waals surface area contributed by atoms with Crippen LogP contribution in [0.15, 0.2) is 42.5 Å². The van der Waals surface area contributed by atoms with E-state index >= 15 is 0 Å². The molecule has 2 amide bonds. The number of aryl methyl sites for hydroxylation is 2. The van der Waals surface area contributed by atoms with Crippen molar-refractivity contribution in [3.8, 4) is 5.75 Å². The Morgan fingerprint density at radius 3 is 2.52 bits per heavy atom. The number of urea groups is 1. The molecule has 4 heteroatoms. The first kappa shape index (κ1) is 16.9. The maximum atomic E-state index is 11.9. The van der Waals surface area contributed by atoms with Crippen molar-refractivity contribution in [3.05, 3.63) is 59.2 Å². The van der Waals surface area contributed by atoms with Crippen molar-refractivity contribution in [2.24, 2.45) is 0 Å². The number of nitrogens with one attached hydrogen (secondary N) is 2. The van der Waals surface area contributed by atoms with Crippen LogP contribution in [-0.4, -0.2) is 19.2 Å². The van der Waals surface area contributed by atoms with Gasteiger partial charge in [0.2, 0.25) is 0 Å². The number of carbonyl (C=O) groups is 1. The van der Waals surface area contributed by atoms with Crippen molar-refractivity contribution in [1.82, 2.24) is 5.32 Å². The first-order chi connectivity index (χ1) is 11.1. The van der Waals surface area contributed by atoms with E-state index < -0.39 is 0 Å². The lowest BCUT2D eigenvalue weighted by atomic mass is 10.1. The van der Waals surface area contributed by atoms with Gasteiger partial charge in [-0.2, -0.15) is 0 Å². The van der Waals surface area contributed by atoms with E-state index in [9.17, 15) is 4.79 Å². The summed E-state index contributed by atoms with van der Waals surface area (Å²) in [5.41, 5.74) is 4.35. The van der Waals surface area contributed by atoms with Crippen LogP contribution in [0.25, 0.3) is 0 Å². The number of anilines is 1. The molecule has 0 aromatic heterocycles. The third-order valence-electron chi connectivity index (χ3n) is 3.84. The van der Waals surface area contributed by atoms with E-state index in [1.165, 1.54) is 5.56 Å². The van der Waals surface area contributed by atoms with Gasteiger partial charge in [0.05, 0.1) is 6.54 Å². The van der Waals surface area contributed by atoms with Crippen LogP contribution < -0.4 is 15.4 Å². The summed E-state index contributed by atoms with van der Waals surface area (Å²) in [7, 11) is 0. The van der Waals surface area contributed by atoms with Crippen LogP contribution in [0.3, 0.4) is 0 Å². The van der Waals surface area contributed by atoms with Gasteiger partial charge in [-0.15, -0.1) is 0 Å². The highest BCUT2D eigenvalue weighted by Crippen LogP contribution is 2.17. The number of rotatable bonds is 6. The summed E-state index contributed by atoms with van der Waals surface area (Å²) in [6, 6.07) is 13.6. The Balaban J connectivity index is 1.73. The van der Waals surface area contributed by atoms with Gasteiger partial charge < -0.3 is 15.4 Å². The number of hydrogen-bond donors (Lipinski definition) is 2. The molecule has 0 bridgehead atoms. The number of hydrogen-bond acceptors (Lipinski definition) is 2. The molecule has 0 aliphatic heterocycles. The Bertz CT molecular complexity index is 651. The lowest BCUT2D eigenvalue weighted by Gasteiger charge is -2.12. The zero-order valence-corrected chi connectivity index (χ0v) is 14.0. The molecule has 0 heterocycles. The summed E-state index contributed by atoms with van der Waals surface area (Å²) in [5, 5.41) is 5.65. The van der Waals surface area contributed by atoms with E-state index in [1.54, 1.807) is 0 Å². The van der Waals surface area contributed by atoms with Crippen molar-refractivity contribution >= 4 is 11.7 Å². The monoisotopic (exact) mass is 312 g/mol. The van der Waals surface area contributed by atoms with Gasteiger partial charge in [-0.05, 0) is 55.2 Å². The molecule has 0 atom stereocenters. The molecule has 0 aliphatic carbocycles. The van der Waals surface area contributed by atoms with Crippen molar-refractivity contribution in [1.29, 1.82) is 0 Å². The summed E-state index contributed by atoms with van der Waals surface area (Å²) in [4.78, 5) is 11.9. The van der Waals surface area contributed by atoms with Crippen molar-refractivity contribution in [2.45, 2.75) is 27.2 Å². The van der Waals surface area contributed by atoms with Gasteiger partial charge in [0.15, 0.2) is 0 Å². The van der Waals surface area contributed by atoms with Crippen LogP contribution in [0, 0.1) is 13.8 Å². The Morgan fingerprint density at radius 1 is 1.09 bits per heavy atom. The lowest BCUT2D eigenvalue weighted by molar-refractivity contribution is 0.247.